The second kappa shape index (κ2) is 13.4. The molecule has 0 radical (unpaired) electrons. The number of aromatic nitrogens is 3. The number of hydrogen-bond donors (Lipinski definition) is 0. The van der Waals surface area contributed by atoms with Crippen molar-refractivity contribution in [3.8, 4) is 45.3 Å². The highest BCUT2D eigenvalue weighted by Crippen LogP contribution is 2.64. The number of hydrogen-bond acceptors (Lipinski definition) is 5. The van der Waals surface area contributed by atoms with Crippen LogP contribution in [0.3, 0.4) is 0 Å². The van der Waals surface area contributed by atoms with E-state index in [0.717, 1.165) is 49.8 Å². The van der Waals surface area contributed by atoms with E-state index in [-0.39, 0.29) is 11.8 Å². The van der Waals surface area contributed by atoms with E-state index >= 15 is 0 Å². The molecule has 5 heteroatoms. The molecular weight excluding hydrogens is 781 g/mol. The van der Waals surface area contributed by atoms with Crippen LogP contribution in [-0.2, 0) is 5.41 Å². The summed E-state index contributed by atoms with van der Waals surface area (Å²) in [6, 6.07) is 60.9. The Bertz CT molecular complexity index is 3520. The molecule has 64 heavy (non-hydrogen) atoms. The Balaban J connectivity index is 1.11. The van der Waals surface area contributed by atoms with Gasteiger partial charge in [-0.1, -0.05) is 147 Å². The van der Waals surface area contributed by atoms with Crippen LogP contribution in [0.1, 0.15) is 44.4 Å². The van der Waals surface area contributed by atoms with Crippen LogP contribution in [0.4, 0.5) is 11.4 Å². The monoisotopic (exact) mass is 824 g/mol. The molecule has 4 atom stereocenters. The van der Waals surface area contributed by atoms with Gasteiger partial charge in [-0.3, -0.25) is 0 Å². The first-order valence-corrected chi connectivity index (χ1v) is 22.4. The molecular formula is C59H44N4O. The molecule has 4 unspecified atom stereocenters. The number of anilines is 2. The second-order valence-corrected chi connectivity index (χ2v) is 18.3. The lowest BCUT2D eigenvalue weighted by molar-refractivity contribution is 0.510. The van der Waals surface area contributed by atoms with Crippen LogP contribution in [0, 0.1) is 11.8 Å². The highest BCUT2D eigenvalue weighted by molar-refractivity contribution is 6.12. The van der Waals surface area contributed by atoms with Crippen LogP contribution in [0.2, 0.25) is 0 Å². The van der Waals surface area contributed by atoms with E-state index in [1.807, 2.05) is 12.1 Å². The number of allylic oxidation sites excluding steroid dienone is 4. The lowest BCUT2D eigenvalue weighted by atomic mass is 9.55. The van der Waals surface area contributed by atoms with Crippen molar-refractivity contribution in [1.29, 1.82) is 0 Å². The molecule has 9 aromatic rings. The fourth-order valence-electron chi connectivity index (χ4n) is 11.9. The lowest BCUT2D eigenvalue weighted by Crippen LogP contribution is -2.50. The van der Waals surface area contributed by atoms with E-state index in [9.17, 15) is 0 Å². The van der Waals surface area contributed by atoms with E-state index < -0.39 is 11.0 Å². The Hall–Kier alpha value is -7.63. The molecule has 5 nitrogen and oxygen atoms in total. The smallest absolute Gasteiger partial charge is 0.164 e. The molecule has 13 rings (SSSR count). The van der Waals surface area contributed by atoms with Crippen LogP contribution < -0.4 is 4.90 Å². The van der Waals surface area contributed by atoms with Crippen LogP contribution in [0.25, 0.3) is 78.4 Å². The minimum Gasteiger partial charge on any atom is -0.456 e. The van der Waals surface area contributed by atoms with E-state index in [4.69, 9.17) is 19.4 Å². The summed E-state index contributed by atoms with van der Waals surface area (Å²) >= 11 is 0. The van der Waals surface area contributed by atoms with Gasteiger partial charge in [0.2, 0.25) is 0 Å². The topological polar surface area (TPSA) is 55.1 Å². The van der Waals surface area contributed by atoms with Crippen molar-refractivity contribution in [2.75, 3.05) is 4.90 Å². The molecule has 0 N–H and O–H groups in total. The molecule has 7 aromatic carbocycles. The Kier molecular flexibility index (Phi) is 7.76. The maximum Gasteiger partial charge on any atom is 0.164 e. The molecule has 4 heterocycles. The zero-order valence-electron chi connectivity index (χ0n) is 36.2. The van der Waals surface area contributed by atoms with Gasteiger partial charge in [0, 0.05) is 55.7 Å². The van der Waals surface area contributed by atoms with E-state index in [2.05, 4.69) is 202 Å². The van der Waals surface area contributed by atoms with Gasteiger partial charge in [-0.05, 0) is 113 Å². The molecule has 0 saturated carbocycles. The Morgan fingerprint density at radius 1 is 0.531 bits per heavy atom. The first-order valence-electron chi connectivity index (χ1n) is 22.4. The predicted molar refractivity (Wildman–Crippen MR) is 261 cm³/mol. The average Bonchev–Trinajstić information content (AvgIpc) is 3.84. The summed E-state index contributed by atoms with van der Waals surface area (Å²) in [5.41, 5.74) is 17.5. The van der Waals surface area contributed by atoms with Gasteiger partial charge in [0.1, 0.15) is 11.2 Å². The van der Waals surface area contributed by atoms with Crippen molar-refractivity contribution in [2.45, 2.75) is 38.6 Å². The molecule has 2 aliphatic heterocycles. The molecule has 306 valence electrons. The van der Waals surface area contributed by atoms with E-state index in [1.54, 1.807) is 0 Å². The Morgan fingerprint density at radius 2 is 1.16 bits per heavy atom. The van der Waals surface area contributed by atoms with Gasteiger partial charge in [0.25, 0.3) is 0 Å². The van der Waals surface area contributed by atoms with Crippen molar-refractivity contribution in [2.24, 2.45) is 11.8 Å². The number of furan rings is 1. The number of fused-ring (bicyclic) bond motifs is 14. The van der Waals surface area contributed by atoms with Gasteiger partial charge in [0.05, 0.1) is 5.54 Å². The largest absolute Gasteiger partial charge is 0.456 e. The molecule has 8 bridgehead atoms. The molecule has 0 fully saturated rings. The van der Waals surface area contributed by atoms with Gasteiger partial charge < -0.3 is 9.32 Å². The van der Waals surface area contributed by atoms with E-state index in [0.29, 0.717) is 17.5 Å². The summed E-state index contributed by atoms with van der Waals surface area (Å²) in [5.74, 6) is 2.06. The highest BCUT2D eigenvalue weighted by atomic mass is 16.3. The lowest BCUT2D eigenvalue weighted by Gasteiger charge is -2.53. The van der Waals surface area contributed by atoms with Crippen molar-refractivity contribution >= 4 is 44.5 Å². The van der Waals surface area contributed by atoms with Crippen molar-refractivity contribution in [3.63, 3.8) is 0 Å². The first kappa shape index (κ1) is 37.0. The van der Waals surface area contributed by atoms with Gasteiger partial charge in [-0.15, -0.1) is 0 Å². The minimum atomic E-state index is -0.478. The quantitative estimate of drug-likeness (QED) is 0.166. The summed E-state index contributed by atoms with van der Waals surface area (Å²) in [7, 11) is 0. The van der Waals surface area contributed by atoms with Gasteiger partial charge in [0.15, 0.2) is 17.5 Å². The number of rotatable bonds is 3. The Morgan fingerprint density at radius 3 is 1.94 bits per heavy atom. The summed E-state index contributed by atoms with van der Waals surface area (Å²) in [5, 5.41) is 2.05. The van der Waals surface area contributed by atoms with Crippen LogP contribution in [0.5, 0.6) is 0 Å². The number of nitrogens with zero attached hydrogens (tertiary/aromatic N) is 4. The Labute approximate surface area is 372 Å². The van der Waals surface area contributed by atoms with Crippen LogP contribution >= 0.6 is 0 Å². The normalized spacial score (nSPS) is 21.7. The fourth-order valence-corrected chi connectivity index (χ4v) is 11.9. The summed E-state index contributed by atoms with van der Waals surface area (Å²) in [6.45, 7) is 9.76. The zero-order chi connectivity index (χ0) is 42.9. The third kappa shape index (κ3) is 5.15. The second-order valence-electron chi connectivity index (χ2n) is 18.3. The molecule has 4 aliphatic rings. The molecule has 0 saturated heterocycles. The summed E-state index contributed by atoms with van der Waals surface area (Å²) < 4.78 is 6.72. The fraction of sp³-hybridized carbons (Fsp3) is 0.136. The maximum atomic E-state index is 6.72. The van der Waals surface area contributed by atoms with Gasteiger partial charge >= 0.3 is 0 Å². The van der Waals surface area contributed by atoms with Gasteiger partial charge in [-0.2, -0.15) is 0 Å². The number of benzene rings is 7. The molecule has 2 aliphatic carbocycles. The van der Waals surface area contributed by atoms with Gasteiger partial charge in [-0.25, -0.2) is 15.0 Å². The highest BCUT2D eigenvalue weighted by Gasteiger charge is 2.56. The third-order valence-corrected chi connectivity index (χ3v) is 14.7. The summed E-state index contributed by atoms with van der Waals surface area (Å²) in [4.78, 5) is 18.5. The SMILES string of the molecule is CC1C=C2c3cccc(c3)-c3nc(-c4cccc(-c5ccccc5)c4)nc(n3)-c3cccc4oc5ccc(cc5c34)C3(C)C=C4c5ccccc5N(c5ccccc5)C4(C)C1=C3C2C. The summed E-state index contributed by atoms with van der Waals surface area (Å²) in [6.07, 6.45) is 5.16. The molecule has 0 spiro atoms. The zero-order valence-corrected chi connectivity index (χ0v) is 36.2. The first-order chi connectivity index (χ1) is 31.3. The van der Waals surface area contributed by atoms with Crippen molar-refractivity contribution in [3.05, 3.63) is 210 Å². The van der Waals surface area contributed by atoms with Crippen LogP contribution in [-0.4, -0.2) is 20.5 Å². The van der Waals surface area contributed by atoms with Crippen molar-refractivity contribution < 1.29 is 4.42 Å². The van der Waals surface area contributed by atoms with Crippen LogP contribution in [0.15, 0.2) is 198 Å². The average molecular weight is 825 g/mol. The molecule has 2 aromatic heterocycles. The predicted octanol–water partition coefficient (Wildman–Crippen LogP) is 14.7. The van der Waals surface area contributed by atoms with E-state index in [1.165, 1.54) is 50.4 Å². The standard InChI is InChI=1S/C59H44N4O/c1-35-30-46-36(2)54-53(35)59(4)48(44-24-11-12-26-49(44)63(59)43-22-9-6-10-23-43)34-58(54,3)42-28-29-50-47(33-42)52-45(25-15-27-51(52)64-50)57-61-55(60-56(62-57)41-21-14-19-39(46)32-41)40-20-13-18-38(31-40)37-16-7-5-8-17-37/h5-36H,1-4H3. The number of para-hydroxylation sites is 2. The minimum absolute atomic E-state index is 0.0742. The molecule has 0 amide bonds. The maximum absolute atomic E-state index is 6.72. The van der Waals surface area contributed by atoms with Crippen molar-refractivity contribution in [1.82, 2.24) is 15.0 Å². The third-order valence-electron chi connectivity index (χ3n) is 14.7.